The van der Waals surface area contributed by atoms with Gasteiger partial charge in [-0.25, -0.2) is 0 Å². The molecular formula is C16H20BrNOS. The normalized spacial score (nSPS) is 12.4. The highest BCUT2D eigenvalue weighted by Gasteiger charge is 2.09. The number of halogens is 1. The molecule has 4 heteroatoms. The lowest BCUT2D eigenvalue weighted by Crippen LogP contribution is -2.21. The van der Waals surface area contributed by atoms with E-state index >= 15 is 0 Å². The first-order valence-electron chi connectivity index (χ1n) is 6.80. The lowest BCUT2D eigenvalue weighted by molar-refractivity contribution is 0.305. The van der Waals surface area contributed by atoms with Gasteiger partial charge in [0, 0.05) is 10.9 Å². The number of aryl methyl sites for hydroxylation is 1. The molecule has 1 aromatic carbocycles. The molecule has 2 nitrogen and oxygen atoms in total. The van der Waals surface area contributed by atoms with E-state index in [1.54, 1.807) is 11.3 Å². The number of ether oxygens (including phenoxy) is 1. The van der Waals surface area contributed by atoms with Crippen LogP contribution in [-0.4, -0.2) is 6.04 Å². The van der Waals surface area contributed by atoms with Crippen LogP contribution in [0, 0.1) is 6.92 Å². The Balaban J connectivity index is 2.09. The van der Waals surface area contributed by atoms with Crippen molar-refractivity contribution in [3.63, 3.8) is 0 Å². The molecule has 0 amide bonds. The molecule has 0 aliphatic heterocycles. The van der Waals surface area contributed by atoms with E-state index < -0.39 is 0 Å². The molecule has 2 N–H and O–H groups in total. The van der Waals surface area contributed by atoms with Crippen molar-refractivity contribution in [3.8, 4) is 5.75 Å². The van der Waals surface area contributed by atoms with Crippen LogP contribution in [0.25, 0.3) is 0 Å². The van der Waals surface area contributed by atoms with E-state index in [0.717, 1.165) is 22.4 Å². The average molecular weight is 354 g/mol. The predicted molar refractivity (Wildman–Crippen MR) is 89.5 cm³/mol. The minimum absolute atomic E-state index is 0.190. The monoisotopic (exact) mass is 353 g/mol. The number of hydrogen-bond donors (Lipinski definition) is 1. The fraction of sp³-hybridized carbons (Fsp3) is 0.375. The first-order chi connectivity index (χ1) is 9.58. The summed E-state index contributed by atoms with van der Waals surface area (Å²) >= 11 is 5.17. The fourth-order valence-corrected chi connectivity index (χ4v) is 3.41. The third-order valence-corrected chi connectivity index (χ3v) is 4.82. The minimum atomic E-state index is 0.190. The number of benzene rings is 1. The molecule has 20 heavy (non-hydrogen) atoms. The third-order valence-electron chi connectivity index (χ3n) is 3.22. The van der Waals surface area contributed by atoms with Crippen LogP contribution in [0.1, 0.15) is 29.3 Å². The van der Waals surface area contributed by atoms with E-state index in [2.05, 4.69) is 54.0 Å². The van der Waals surface area contributed by atoms with Crippen molar-refractivity contribution in [1.82, 2.24) is 0 Å². The summed E-state index contributed by atoms with van der Waals surface area (Å²) in [7, 11) is 0. The molecule has 1 heterocycles. The maximum atomic E-state index is 6.07. The Morgan fingerprint density at radius 1 is 1.30 bits per heavy atom. The van der Waals surface area contributed by atoms with Gasteiger partial charge in [-0.3, -0.25) is 0 Å². The Hall–Kier alpha value is -0.840. The van der Waals surface area contributed by atoms with Gasteiger partial charge in [0.15, 0.2) is 0 Å². The standard InChI is InChI=1S/C16H20BrNOS/c1-3-13(18)9-12-8-11(2)4-6-15(12)19-10-14-5-7-16(17)20-14/h4-8,13H,3,9-10,18H2,1-2H3. The van der Waals surface area contributed by atoms with Crippen LogP contribution in [0.15, 0.2) is 34.1 Å². The van der Waals surface area contributed by atoms with E-state index in [4.69, 9.17) is 10.5 Å². The lowest BCUT2D eigenvalue weighted by Gasteiger charge is -2.15. The van der Waals surface area contributed by atoms with Crippen molar-refractivity contribution in [3.05, 3.63) is 50.1 Å². The van der Waals surface area contributed by atoms with Crippen molar-refractivity contribution in [2.24, 2.45) is 5.73 Å². The zero-order valence-corrected chi connectivity index (χ0v) is 14.3. The summed E-state index contributed by atoms with van der Waals surface area (Å²) in [4.78, 5) is 1.21. The molecule has 1 atom stereocenters. The fourth-order valence-electron chi connectivity index (χ4n) is 2.01. The van der Waals surface area contributed by atoms with E-state index in [-0.39, 0.29) is 6.04 Å². The van der Waals surface area contributed by atoms with E-state index in [1.165, 1.54) is 16.0 Å². The van der Waals surface area contributed by atoms with Crippen LogP contribution in [0.3, 0.4) is 0 Å². The topological polar surface area (TPSA) is 35.2 Å². The van der Waals surface area contributed by atoms with Gasteiger partial charge in [0.05, 0.1) is 3.79 Å². The summed E-state index contributed by atoms with van der Waals surface area (Å²) in [6, 6.07) is 10.6. The van der Waals surface area contributed by atoms with Crippen LogP contribution >= 0.6 is 27.3 Å². The highest BCUT2D eigenvalue weighted by molar-refractivity contribution is 9.11. The molecule has 0 aliphatic rings. The molecule has 0 fully saturated rings. The van der Waals surface area contributed by atoms with Gasteiger partial charge >= 0.3 is 0 Å². The van der Waals surface area contributed by atoms with Gasteiger partial charge in [-0.1, -0.05) is 24.6 Å². The van der Waals surface area contributed by atoms with Crippen LogP contribution in [0.2, 0.25) is 0 Å². The summed E-state index contributed by atoms with van der Waals surface area (Å²) in [5, 5.41) is 0. The van der Waals surface area contributed by atoms with Crippen molar-refractivity contribution >= 4 is 27.3 Å². The van der Waals surface area contributed by atoms with Crippen molar-refractivity contribution in [1.29, 1.82) is 0 Å². The largest absolute Gasteiger partial charge is 0.488 e. The third kappa shape index (κ3) is 4.33. The Kier molecular flexibility index (Phi) is 5.64. The highest BCUT2D eigenvalue weighted by Crippen LogP contribution is 2.26. The van der Waals surface area contributed by atoms with Crippen LogP contribution in [0.4, 0.5) is 0 Å². The van der Waals surface area contributed by atoms with Gasteiger partial charge in [0.2, 0.25) is 0 Å². The molecule has 0 aliphatic carbocycles. The van der Waals surface area contributed by atoms with Crippen LogP contribution < -0.4 is 10.5 Å². The van der Waals surface area contributed by atoms with Gasteiger partial charge in [-0.05, 0) is 59.5 Å². The Morgan fingerprint density at radius 3 is 2.75 bits per heavy atom. The van der Waals surface area contributed by atoms with E-state index in [0.29, 0.717) is 6.61 Å². The summed E-state index contributed by atoms with van der Waals surface area (Å²) in [5.74, 6) is 0.948. The number of hydrogen-bond acceptors (Lipinski definition) is 3. The first-order valence-corrected chi connectivity index (χ1v) is 8.41. The molecule has 2 rings (SSSR count). The quantitative estimate of drug-likeness (QED) is 0.818. The molecule has 1 aromatic heterocycles. The number of nitrogens with two attached hydrogens (primary N) is 1. The second-order valence-electron chi connectivity index (χ2n) is 4.98. The Bertz CT molecular complexity index is 567. The number of thiophene rings is 1. The molecule has 0 saturated heterocycles. The van der Waals surface area contributed by atoms with Crippen molar-refractivity contribution in [2.45, 2.75) is 39.3 Å². The predicted octanol–water partition coefficient (Wildman–Crippen LogP) is 4.68. The van der Waals surface area contributed by atoms with E-state index in [9.17, 15) is 0 Å². The molecule has 0 spiro atoms. The van der Waals surface area contributed by atoms with Crippen LogP contribution in [0.5, 0.6) is 5.75 Å². The van der Waals surface area contributed by atoms with E-state index in [1.807, 2.05) is 6.07 Å². The second-order valence-corrected chi connectivity index (χ2v) is 7.53. The van der Waals surface area contributed by atoms with Gasteiger partial charge in [0.1, 0.15) is 12.4 Å². The maximum Gasteiger partial charge on any atom is 0.123 e. The van der Waals surface area contributed by atoms with Gasteiger partial charge in [0.25, 0.3) is 0 Å². The van der Waals surface area contributed by atoms with Gasteiger partial charge < -0.3 is 10.5 Å². The Morgan fingerprint density at radius 2 is 2.10 bits per heavy atom. The zero-order chi connectivity index (χ0) is 14.5. The van der Waals surface area contributed by atoms with Gasteiger partial charge in [-0.15, -0.1) is 11.3 Å². The average Bonchev–Trinajstić information content (AvgIpc) is 2.83. The first kappa shape index (κ1) is 15.5. The molecule has 0 radical (unpaired) electrons. The van der Waals surface area contributed by atoms with Crippen LogP contribution in [-0.2, 0) is 13.0 Å². The smallest absolute Gasteiger partial charge is 0.123 e. The molecular weight excluding hydrogens is 334 g/mol. The SMILES string of the molecule is CCC(N)Cc1cc(C)ccc1OCc1ccc(Br)s1. The molecule has 108 valence electrons. The summed E-state index contributed by atoms with van der Waals surface area (Å²) in [6.45, 7) is 4.82. The molecule has 0 saturated carbocycles. The lowest BCUT2D eigenvalue weighted by atomic mass is 10.0. The minimum Gasteiger partial charge on any atom is -0.488 e. The summed E-state index contributed by atoms with van der Waals surface area (Å²) in [6.07, 6.45) is 1.84. The molecule has 0 bridgehead atoms. The summed E-state index contributed by atoms with van der Waals surface area (Å²) in [5.41, 5.74) is 8.52. The summed E-state index contributed by atoms with van der Waals surface area (Å²) < 4.78 is 7.10. The van der Waals surface area contributed by atoms with Crippen molar-refractivity contribution in [2.75, 3.05) is 0 Å². The maximum absolute atomic E-state index is 6.07. The molecule has 1 unspecified atom stereocenters. The van der Waals surface area contributed by atoms with Gasteiger partial charge in [-0.2, -0.15) is 0 Å². The highest BCUT2D eigenvalue weighted by atomic mass is 79.9. The van der Waals surface area contributed by atoms with Crippen molar-refractivity contribution < 1.29 is 4.74 Å². The molecule has 2 aromatic rings. The number of rotatable bonds is 6. The zero-order valence-electron chi connectivity index (χ0n) is 11.9. The Labute approximate surface area is 133 Å². The second kappa shape index (κ2) is 7.25.